The molecule has 0 aliphatic carbocycles. The fourth-order valence-corrected chi connectivity index (χ4v) is 1.93. The van der Waals surface area contributed by atoms with Gasteiger partial charge in [0.15, 0.2) is 0 Å². The maximum Gasteiger partial charge on any atom is 0.310 e. The molecule has 0 amide bonds. The van der Waals surface area contributed by atoms with E-state index in [9.17, 15) is 4.79 Å². The number of hydrogen-bond acceptors (Lipinski definition) is 3. The molecule has 0 bridgehead atoms. The molecule has 0 heterocycles. The van der Waals surface area contributed by atoms with Gasteiger partial charge in [-0.2, -0.15) is 0 Å². The van der Waals surface area contributed by atoms with Crippen molar-refractivity contribution < 1.29 is 14.3 Å². The average molecular weight is 305 g/mol. The van der Waals surface area contributed by atoms with Crippen LogP contribution in [0.2, 0.25) is 5.02 Å². The first-order valence-corrected chi connectivity index (χ1v) is 7.13. The molecule has 3 nitrogen and oxygen atoms in total. The van der Waals surface area contributed by atoms with Crippen LogP contribution in [0.4, 0.5) is 0 Å². The fourth-order valence-electron chi connectivity index (χ4n) is 1.81. The second-order valence-electron chi connectivity index (χ2n) is 4.73. The number of rotatable bonds is 6. The third-order valence-corrected chi connectivity index (χ3v) is 3.07. The number of halogens is 1. The third kappa shape index (κ3) is 5.48. The fraction of sp³-hybridized carbons (Fsp3) is 0.235. The predicted molar refractivity (Wildman–Crippen MR) is 82.6 cm³/mol. The summed E-state index contributed by atoms with van der Waals surface area (Å²) >= 11 is 5.80. The van der Waals surface area contributed by atoms with Crippen molar-refractivity contribution in [3.05, 3.63) is 65.2 Å². The Kier molecular flexibility index (Phi) is 5.64. The van der Waals surface area contributed by atoms with Crippen molar-refractivity contribution in [2.45, 2.75) is 19.4 Å². The SMILES string of the molecule is C[C@H](COc1ccc(Cl)cc1)OC(=O)Cc1ccccc1. The zero-order valence-electron chi connectivity index (χ0n) is 11.8. The summed E-state index contributed by atoms with van der Waals surface area (Å²) in [4.78, 5) is 11.8. The summed E-state index contributed by atoms with van der Waals surface area (Å²) < 4.78 is 10.8. The van der Waals surface area contributed by atoms with Gasteiger partial charge in [0.05, 0.1) is 6.42 Å². The summed E-state index contributed by atoms with van der Waals surface area (Å²) in [5, 5.41) is 0.657. The quantitative estimate of drug-likeness (QED) is 0.759. The van der Waals surface area contributed by atoms with Crippen molar-refractivity contribution in [3.8, 4) is 5.75 Å². The number of ether oxygens (including phenoxy) is 2. The molecule has 0 aromatic heterocycles. The Hall–Kier alpha value is -2.00. The first kappa shape index (κ1) is 15.4. The number of carbonyl (C=O) groups excluding carboxylic acids is 1. The van der Waals surface area contributed by atoms with E-state index in [0.717, 1.165) is 5.56 Å². The lowest BCUT2D eigenvalue weighted by molar-refractivity contribution is -0.148. The second-order valence-corrected chi connectivity index (χ2v) is 5.16. The summed E-state index contributed by atoms with van der Waals surface area (Å²) in [6.45, 7) is 2.11. The molecule has 0 spiro atoms. The first-order valence-electron chi connectivity index (χ1n) is 6.75. The lowest BCUT2D eigenvalue weighted by Gasteiger charge is -2.14. The molecule has 0 saturated carbocycles. The zero-order chi connectivity index (χ0) is 15.1. The third-order valence-electron chi connectivity index (χ3n) is 2.82. The minimum Gasteiger partial charge on any atom is -0.490 e. The van der Waals surface area contributed by atoms with Crippen LogP contribution in [0.25, 0.3) is 0 Å². The highest BCUT2D eigenvalue weighted by Crippen LogP contribution is 2.15. The van der Waals surface area contributed by atoms with E-state index < -0.39 is 0 Å². The van der Waals surface area contributed by atoms with Crippen molar-refractivity contribution in [1.29, 1.82) is 0 Å². The highest BCUT2D eigenvalue weighted by molar-refractivity contribution is 6.30. The minimum absolute atomic E-state index is 0.256. The van der Waals surface area contributed by atoms with E-state index in [1.165, 1.54) is 0 Å². The lowest BCUT2D eigenvalue weighted by Crippen LogP contribution is -2.23. The Labute approximate surface area is 129 Å². The molecule has 0 radical (unpaired) electrons. The summed E-state index contributed by atoms with van der Waals surface area (Å²) in [7, 11) is 0. The van der Waals surface area contributed by atoms with Crippen LogP contribution in [0.5, 0.6) is 5.75 Å². The molecule has 0 aliphatic rings. The van der Waals surface area contributed by atoms with Gasteiger partial charge in [0, 0.05) is 5.02 Å². The van der Waals surface area contributed by atoms with Crippen LogP contribution in [-0.4, -0.2) is 18.7 Å². The van der Waals surface area contributed by atoms with Crippen LogP contribution in [0.3, 0.4) is 0 Å². The lowest BCUT2D eigenvalue weighted by atomic mass is 10.1. The van der Waals surface area contributed by atoms with Gasteiger partial charge in [-0.05, 0) is 36.8 Å². The smallest absolute Gasteiger partial charge is 0.310 e. The molecule has 0 unspecified atom stereocenters. The maximum atomic E-state index is 11.8. The maximum absolute atomic E-state index is 11.8. The van der Waals surface area contributed by atoms with Gasteiger partial charge in [0.2, 0.25) is 0 Å². The van der Waals surface area contributed by atoms with Gasteiger partial charge < -0.3 is 9.47 Å². The van der Waals surface area contributed by atoms with Crippen LogP contribution in [-0.2, 0) is 16.0 Å². The average Bonchev–Trinajstić information content (AvgIpc) is 2.47. The van der Waals surface area contributed by atoms with Crippen molar-refractivity contribution in [2.75, 3.05) is 6.61 Å². The van der Waals surface area contributed by atoms with E-state index in [2.05, 4.69) is 0 Å². The topological polar surface area (TPSA) is 35.5 Å². The van der Waals surface area contributed by atoms with Crippen molar-refractivity contribution >= 4 is 17.6 Å². The summed E-state index contributed by atoms with van der Waals surface area (Å²) in [5.41, 5.74) is 0.938. The molecule has 2 aromatic carbocycles. The molecule has 4 heteroatoms. The highest BCUT2D eigenvalue weighted by Gasteiger charge is 2.11. The summed E-state index contributed by atoms with van der Waals surface area (Å²) in [6.07, 6.45) is -0.0385. The second kappa shape index (κ2) is 7.70. The van der Waals surface area contributed by atoms with Crippen LogP contribution < -0.4 is 4.74 Å². The molecule has 0 saturated heterocycles. The van der Waals surface area contributed by atoms with Gasteiger partial charge in [-0.15, -0.1) is 0 Å². The molecule has 0 fully saturated rings. The van der Waals surface area contributed by atoms with Gasteiger partial charge in [0.25, 0.3) is 0 Å². The normalized spacial score (nSPS) is 11.7. The first-order chi connectivity index (χ1) is 10.1. The monoisotopic (exact) mass is 304 g/mol. The van der Waals surface area contributed by atoms with Gasteiger partial charge >= 0.3 is 5.97 Å². The standard InChI is InChI=1S/C17H17ClO3/c1-13(12-20-16-9-7-15(18)8-10-16)21-17(19)11-14-5-3-2-4-6-14/h2-10,13H,11-12H2,1H3/t13-/m1/s1. The highest BCUT2D eigenvalue weighted by atomic mass is 35.5. The van der Waals surface area contributed by atoms with Crippen molar-refractivity contribution in [1.82, 2.24) is 0 Å². The molecule has 0 N–H and O–H groups in total. The Bertz CT molecular complexity index is 566. The van der Waals surface area contributed by atoms with Crippen LogP contribution in [0.1, 0.15) is 12.5 Å². The Morgan fingerprint density at radius 2 is 1.76 bits per heavy atom. The minimum atomic E-state index is -0.308. The Balaban J connectivity index is 1.75. The van der Waals surface area contributed by atoms with Gasteiger partial charge in [0.1, 0.15) is 18.5 Å². The number of carbonyl (C=O) groups is 1. The number of esters is 1. The van der Waals surface area contributed by atoms with Crippen LogP contribution >= 0.6 is 11.6 Å². The molecule has 0 aliphatic heterocycles. The number of benzene rings is 2. The van der Waals surface area contributed by atoms with E-state index in [4.69, 9.17) is 21.1 Å². The number of hydrogen-bond donors (Lipinski definition) is 0. The summed E-state index contributed by atoms with van der Waals surface area (Å²) in [6, 6.07) is 16.6. The summed E-state index contributed by atoms with van der Waals surface area (Å²) in [5.74, 6) is 0.443. The van der Waals surface area contributed by atoms with Gasteiger partial charge in [-0.25, -0.2) is 0 Å². The van der Waals surface area contributed by atoms with E-state index in [0.29, 0.717) is 17.4 Å². The van der Waals surface area contributed by atoms with Gasteiger partial charge in [-0.1, -0.05) is 41.9 Å². The Morgan fingerprint density at radius 1 is 1.10 bits per heavy atom. The molecule has 110 valence electrons. The molecular weight excluding hydrogens is 288 g/mol. The van der Waals surface area contributed by atoms with E-state index in [-0.39, 0.29) is 18.5 Å². The van der Waals surface area contributed by atoms with E-state index in [1.54, 1.807) is 31.2 Å². The van der Waals surface area contributed by atoms with E-state index >= 15 is 0 Å². The predicted octanol–water partition coefficient (Wildman–Crippen LogP) is 3.89. The Morgan fingerprint density at radius 3 is 2.43 bits per heavy atom. The van der Waals surface area contributed by atoms with E-state index in [1.807, 2.05) is 30.3 Å². The largest absolute Gasteiger partial charge is 0.490 e. The molecule has 1 atom stereocenters. The molecule has 2 rings (SSSR count). The van der Waals surface area contributed by atoms with Gasteiger partial charge in [-0.3, -0.25) is 4.79 Å². The van der Waals surface area contributed by atoms with Crippen LogP contribution in [0.15, 0.2) is 54.6 Å². The van der Waals surface area contributed by atoms with Crippen LogP contribution in [0, 0.1) is 0 Å². The molecule has 2 aromatic rings. The van der Waals surface area contributed by atoms with Crippen molar-refractivity contribution in [2.24, 2.45) is 0 Å². The molecular formula is C17H17ClO3. The van der Waals surface area contributed by atoms with Crippen molar-refractivity contribution in [3.63, 3.8) is 0 Å². The zero-order valence-corrected chi connectivity index (χ0v) is 12.5. The molecule has 21 heavy (non-hydrogen) atoms.